The van der Waals surface area contributed by atoms with Crippen LogP contribution in [0.4, 0.5) is 5.69 Å². The number of hydrogen-bond acceptors (Lipinski definition) is 6. The predicted octanol–water partition coefficient (Wildman–Crippen LogP) is 3.79. The largest absolute Gasteiger partial charge is 0.497 e. The molecule has 0 N–H and O–H groups in total. The molecule has 0 fully saturated rings. The first-order valence-electron chi connectivity index (χ1n) is 9.21. The maximum atomic E-state index is 12.8. The zero-order valence-corrected chi connectivity index (χ0v) is 17.4. The van der Waals surface area contributed by atoms with Gasteiger partial charge in [-0.3, -0.25) is 14.3 Å². The molecule has 3 rings (SSSR count). The Kier molecular flexibility index (Phi) is 7.24. The molecule has 1 amide bonds. The molecule has 30 heavy (non-hydrogen) atoms. The summed E-state index contributed by atoms with van der Waals surface area (Å²) in [4.78, 5) is 14.2. The van der Waals surface area contributed by atoms with Gasteiger partial charge in [0.1, 0.15) is 12.3 Å². The number of aromatic nitrogens is 3. The lowest BCUT2D eigenvalue weighted by Crippen LogP contribution is -2.32. The molecule has 0 saturated heterocycles. The van der Waals surface area contributed by atoms with Crippen LogP contribution in [0.5, 0.6) is 5.75 Å². The van der Waals surface area contributed by atoms with Crippen molar-refractivity contribution in [3.8, 4) is 23.2 Å². The fourth-order valence-electron chi connectivity index (χ4n) is 2.85. The van der Waals surface area contributed by atoms with E-state index in [1.54, 1.807) is 13.2 Å². The van der Waals surface area contributed by atoms with Crippen molar-refractivity contribution in [2.24, 2.45) is 0 Å². The fraction of sp³-hybridized carbons (Fsp3) is 0.182. The lowest BCUT2D eigenvalue weighted by Gasteiger charge is -2.19. The maximum absolute atomic E-state index is 12.8. The molecular weight excluding hydrogens is 398 g/mol. The Balaban J connectivity index is 1.79. The molecule has 0 aliphatic heterocycles. The number of rotatable bonds is 9. The highest BCUT2D eigenvalue weighted by Crippen LogP contribution is 2.26. The summed E-state index contributed by atoms with van der Waals surface area (Å²) in [5.74, 6) is 1.40. The SMILES string of the molecule is C=CCn1c(SCC(=O)N(CC#N)c2ccccc2)nnc1-c1ccc(OC)cc1. The van der Waals surface area contributed by atoms with E-state index in [0.29, 0.717) is 23.2 Å². The van der Waals surface area contributed by atoms with E-state index in [-0.39, 0.29) is 18.2 Å². The van der Waals surface area contributed by atoms with Crippen LogP contribution in [0.2, 0.25) is 0 Å². The minimum Gasteiger partial charge on any atom is -0.497 e. The quantitative estimate of drug-likeness (QED) is 0.298. The van der Waals surface area contributed by atoms with Gasteiger partial charge in [-0.15, -0.1) is 16.8 Å². The zero-order chi connectivity index (χ0) is 21.3. The highest BCUT2D eigenvalue weighted by Gasteiger charge is 2.19. The van der Waals surface area contributed by atoms with Crippen LogP contribution >= 0.6 is 11.8 Å². The Morgan fingerprint density at radius 1 is 1.23 bits per heavy atom. The number of allylic oxidation sites excluding steroid dienone is 1. The third-order valence-electron chi connectivity index (χ3n) is 4.30. The van der Waals surface area contributed by atoms with E-state index in [1.807, 2.05) is 59.2 Å². The molecule has 0 unspecified atom stereocenters. The number of anilines is 1. The summed E-state index contributed by atoms with van der Waals surface area (Å²) in [5, 5.41) is 18.3. The van der Waals surface area contributed by atoms with Gasteiger partial charge in [0.2, 0.25) is 5.91 Å². The standard InChI is InChI=1S/C22H21N5O2S/c1-3-14-27-21(17-9-11-19(29-2)12-10-17)24-25-22(27)30-16-20(28)26(15-13-23)18-7-5-4-6-8-18/h3-12H,1,14-16H2,2H3. The molecule has 0 aliphatic rings. The number of amides is 1. The first-order chi connectivity index (χ1) is 14.7. The summed E-state index contributed by atoms with van der Waals surface area (Å²) < 4.78 is 7.11. The topological polar surface area (TPSA) is 84.0 Å². The Bertz CT molecular complexity index is 1040. The van der Waals surface area contributed by atoms with E-state index in [9.17, 15) is 4.79 Å². The lowest BCUT2D eigenvalue weighted by molar-refractivity contribution is -0.116. The molecule has 0 spiro atoms. The van der Waals surface area contributed by atoms with Crippen LogP contribution in [0.1, 0.15) is 0 Å². The number of methoxy groups -OCH3 is 1. The van der Waals surface area contributed by atoms with Gasteiger partial charge >= 0.3 is 0 Å². The summed E-state index contributed by atoms with van der Waals surface area (Å²) in [6.07, 6.45) is 1.76. The van der Waals surface area contributed by atoms with Gasteiger partial charge in [0.05, 0.1) is 18.9 Å². The molecule has 0 aliphatic carbocycles. The van der Waals surface area contributed by atoms with Crippen LogP contribution in [-0.4, -0.2) is 40.1 Å². The molecule has 3 aromatic rings. The fourth-order valence-corrected chi connectivity index (χ4v) is 3.67. The van der Waals surface area contributed by atoms with Gasteiger partial charge in [0.25, 0.3) is 0 Å². The van der Waals surface area contributed by atoms with E-state index in [2.05, 4.69) is 22.8 Å². The second kappa shape index (κ2) is 10.3. The maximum Gasteiger partial charge on any atom is 0.238 e. The van der Waals surface area contributed by atoms with Crippen molar-refractivity contribution in [2.45, 2.75) is 11.7 Å². The second-order valence-electron chi connectivity index (χ2n) is 6.20. The molecule has 1 aromatic heterocycles. The van der Waals surface area contributed by atoms with Crippen molar-refractivity contribution < 1.29 is 9.53 Å². The van der Waals surface area contributed by atoms with Crippen molar-refractivity contribution in [1.82, 2.24) is 14.8 Å². The number of carbonyl (C=O) groups is 1. The minimum absolute atomic E-state index is 0.0140. The van der Waals surface area contributed by atoms with Gasteiger partial charge in [-0.05, 0) is 36.4 Å². The average Bonchev–Trinajstić information content (AvgIpc) is 3.19. The van der Waals surface area contributed by atoms with E-state index in [4.69, 9.17) is 10.00 Å². The number of thioether (sulfide) groups is 1. The molecule has 0 radical (unpaired) electrons. The average molecular weight is 420 g/mol. The summed E-state index contributed by atoms with van der Waals surface area (Å²) >= 11 is 1.28. The first-order valence-corrected chi connectivity index (χ1v) is 10.2. The van der Waals surface area contributed by atoms with Gasteiger partial charge in [0.15, 0.2) is 11.0 Å². The first kappa shape index (κ1) is 21.1. The van der Waals surface area contributed by atoms with Gasteiger partial charge in [-0.25, -0.2) is 0 Å². The number of nitriles is 1. The number of nitrogens with zero attached hydrogens (tertiary/aromatic N) is 5. The summed E-state index contributed by atoms with van der Waals surface area (Å²) in [7, 11) is 1.62. The lowest BCUT2D eigenvalue weighted by atomic mass is 10.2. The molecule has 8 heteroatoms. The van der Waals surface area contributed by atoms with E-state index in [0.717, 1.165) is 11.3 Å². The molecular formula is C22H21N5O2S. The van der Waals surface area contributed by atoms with Crippen LogP contribution in [0.25, 0.3) is 11.4 Å². The number of ether oxygens (including phenoxy) is 1. The smallest absolute Gasteiger partial charge is 0.238 e. The van der Waals surface area contributed by atoms with Gasteiger partial charge < -0.3 is 4.74 Å². The van der Waals surface area contributed by atoms with E-state index >= 15 is 0 Å². The van der Waals surface area contributed by atoms with Crippen LogP contribution in [-0.2, 0) is 11.3 Å². The molecule has 1 heterocycles. The monoisotopic (exact) mass is 419 g/mol. The number of carbonyl (C=O) groups excluding carboxylic acids is 1. The highest BCUT2D eigenvalue weighted by atomic mass is 32.2. The van der Waals surface area contributed by atoms with Gasteiger partial charge in [-0.2, -0.15) is 5.26 Å². The number of para-hydroxylation sites is 1. The molecule has 0 atom stereocenters. The number of benzene rings is 2. The molecule has 0 bridgehead atoms. The zero-order valence-electron chi connectivity index (χ0n) is 16.6. The van der Waals surface area contributed by atoms with Crippen LogP contribution < -0.4 is 9.64 Å². The Morgan fingerprint density at radius 2 is 1.97 bits per heavy atom. The second-order valence-corrected chi connectivity index (χ2v) is 7.14. The Labute approximate surface area is 179 Å². The van der Waals surface area contributed by atoms with Crippen LogP contribution in [0, 0.1) is 11.3 Å². The predicted molar refractivity (Wildman–Crippen MR) is 117 cm³/mol. The Hall–Kier alpha value is -3.57. The molecule has 7 nitrogen and oxygen atoms in total. The van der Waals surface area contributed by atoms with Crippen LogP contribution in [0.3, 0.4) is 0 Å². The minimum atomic E-state index is -0.174. The van der Waals surface area contributed by atoms with Crippen molar-refractivity contribution >= 4 is 23.4 Å². The number of hydrogen-bond donors (Lipinski definition) is 0. The van der Waals surface area contributed by atoms with Gasteiger partial charge in [-0.1, -0.05) is 36.0 Å². The summed E-state index contributed by atoms with van der Waals surface area (Å²) in [5.41, 5.74) is 1.58. The van der Waals surface area contributed by atoms with Gasteiger partial charge in [0, 0.05) is 17.8 Å². The molecule has 152 valence electrons. The molecule has 2 aromatic carbocycles. The normalized spacial score (nSPS) is 10.3. The van der Waals surface area contributed by atoms with E-state index < -0.39 is 0 Å². The van der Waals surface area contributed by atoms with Crippen molar-refractivity contribution in [3.05, 3.63) is 67.3 Å². The van der Waals surface area contributed by atoms with Crippen molar-refractivity contribution in [2.75, 3.05) is 24.3 Å². The summed E-state index contributed by atoms with van der Waals surface area (Å²) in [6, 6.07) is 18.7. The van der Waals surface area contributed by atoms with Crippen LogP contribution in [0.15, 0.2) is 72.4 Å². The summed E-state index contributed by atoms with van der Waals surface area (Å²) in [6.45, 7) is 4.30. The third-order valence-corrected chi connectivity index (χ3v) is 5.25. The molecule has 0 saturated carbocycles. The van der Waals surface area contributed by atoms with Crippen molar-refractivity contribution in [1.29, 1.82) is 5.26 Å². The van der Waals surface area contributed by atoms with E-state index in [1.165, 1.54) is 16.7 Å². The van der Waals surface area contributed by atoms with Crippen molar-refractivity contribution in [3.63, 3.8) is 0 Å². The highest BCUT2D eigenvalue weighted by molar-refractivity contribution is 7.99. The third kappa shape index (κ3) is 4.88. The Morgan fingerprint density at radius 3 is 2.60 bits per heavy atom.